The highest BCUT2D eigenvalue weighted by Gasteiger charge is 2.26. The van der Waals surface area contributed by atoms with Crippen molar-refractivity contribution >= 4 is 11.8 Å². The lowest BCUT2D eigenvalue weighted by molar-refractivity contribution is -0.126. The van der Waals surface area contributed by atoms with Crippen LogP contribution in [0.5, 0.6) is 0 Å². The molecule has 0 saturated carbocycles. The van der Waals surface area contributed by atoms with Gasteiger partial charge in [0.15, 0.2) is 0 Å². The standard InChI is InChI=1S/C7H12N2O2/c1-2-8-7(11)5-3-6(10)9-4-5/h5H,2-4H2,1H3,(H,8,11)(H,9,10). The monoisotopic (exact) mass is 156 g/mol. The third kappa shape index (κ3) is 1.93. The Bertz CT molecular complexity index is 179. The molecule has 0 spiro atoms. The molecule has 0 aromatic rings. The SMILES string of the molecule is CCNC(=O)C1CNC(=O)C1. The molecule has 0 aromatic heterocycles. The fourth-order valence-corrected chi connectivity index (χ4v) is 1.11. The lowest BCUT2D eigenvalue weighted by atomic mass is 10.1. The second-order valence-electron chi connectivity index (χ2n) is 2.60. The van der Waals surface area contributed by atoms with Crippen molar-refractivity contribution in [3.63, 3.8) is 0 Å². The van der Waals surface area contributed by atoms with E-state index in [-0.39, 0.29) is 17.7 Å². The lowest BCUT2D eigenvalue weighted by Crippen LogP contribution is -2.31. The van der Waals surface area contributed by atoms with Gasteiger partial charge < -0.3 is 10.6 Å². The number of amides is 2. The molecular weight excluding hydrogens is 144 g/mol. The molecule has 4 heteroatoms. The highest BCUT2D eigenvalue weighted by Crippen LogP contribution is 2.07. The Morgan fingerprint density at radius 1 is 1.82 bits per heavy atom. The van der Waals surface area contributed by atoms with E-state index in [2.05, 4.69) is 10.6 Å². The minimum absolute atomic E-state index is 0.0224. The molecule has 1 atom stereocenters. The molecule has 4 nitrogen and oxygen atoms in total. The van der Waals surface area contributed by atoms with Crippen LogP contribution in [0.15, 0.2) is 0 Å². The fraction of sp³-hybridized carbons (Fsp3) is 0.714. The zero-order valence-electron chi connectivity index (χ0n) is 6.52. The topological polar surface area (TPSA) is 58.2 Å². The summed E-state index contributed by atoms with van der Waals surface area (Å²) in [5.41, 5.74) is 0. The zero-order chi connectivity index (χ0) is 8.27. The summed E-state index contributed by atoms with van der Waals surface area (Å²) < 4.78 is 0. The summed E-state index contributed by atoms with van der Waals surface area (Å²) in [5.74, 6) is -0.199. The molecule has 0 aromatic carbocycles. The minimum Gasteiger partial charge on any atom is -0.356 e. The molecule has 1 aliphatic rings. The van der Waals surface area contributed by atoms with Crippen LogP contribution in [-0.4, -0.2) is 24.9 Å². The van der Waals surface area contributed by atoms with Gasteiger partial charge in [-0.3, -0.25) is 9.59 Å². The highest BCUT2D eigenvalue weighted by atomic mass is 16.2. The lowest BCUT2D eigenvalue weighted by Gasteiger charge is -2.05. The zero-order valence-corrected chi connectivity index (χ0v) is 6.52. The van der Waals surface area contributed by atoms with Gasteiger partial charge in [0.25, 0.3) is 0 Å². The van der Waals surface area contributed by atoms with Crippen LogP contribution in [0.3, 0.4) is 0 Å². The van der Waals surface area contributed by atoms with Crippen molar-refractivity contribution in [3.05, 3.63) is 0 Å². The van der Waals surface area contributed by atoms with Crippen molar-refractivity contribution in [2.45, 2.75) is 13.3 Å². The van der Waals surface area contributed by atoms with Crippen LogP contribution in [-0.2, 0) is 9.59 Å². The number of rotatable bonds is 2. The first-order valence-electron chi connectivity index (χ1n) is 3.78. The van der Waals surface area contributed by atoms with Crippen LogP contribution >= 0.6 is 0 Å². The van der Waals surface area contributed by atoms with Crippen LogP contribution in [0, 0.1) is 5.92 Å². The molecule has 1 fully saturated rings. The Labute approximate surface area is 65.3 Å². The number of hydrogen-bond donors (Lipinski definition) is 2. The largest absolute Gasteiger partial charge is 0.356 e. The predicted octanol–water partition coefficient (Wildman–Crippen LogP) is -0.741. The highest BCUT2D eigenvalue weighted by molar-refractivity contribution is 5.89. The van der Waals surface area contributed by atoms with Crippen LogP contribution in [0.4, 0.5) is 0 Å². The Balaban J connectivity index is 2.37. The van der Waals surface area contributed by atoms with Crippen LogP contribution in [0.25, 0.3) is 0 Å². The van der Waals surface area contributed by atoms with Crippen molar-refractivity contribution < 1.29 is 9.59 Å². The molecule has 0 aliphatic carbocycles. The first-order valence-corrected chi connectivity index (χ1v) is 3.78. The van der Waals surface area contributed by atoms with E-state index in [4.69, 9.17) is 0 Å². The molecule has 1 heterocycles. The van der Waals surface area contributed by atoms with E-state index in [1.807, 2.05) is 6.92 Å². The molecular formula is C7H12N2O2. The molecule has 2 amide bonds. The molecule has 11 heavy (non-hydrogen) atoms. The van der Waals surface area contributed by atoms with Gasteiger partial charge in [-0.2, -0.15) is 0 Å². The number of carbonyl (C=O) groups is 2. The van der Waals surface area contributed by atoms with E-state index < -0.39 is 0 Å². The van der Waals surface area contributed by atoms with Gasteiger partial charge in [0.2, 0.25) is 11.8 Å². The third-order valence-electron chi connectivity index (χ3n) is 1.70. The Morgan fingerprint density at radius 2 is 2.55 bits per heavy atom. The normalized spacial score (nSPS) is 23.0. The van der Waals surface area contributed by atoms with E-state index in [1.54, 1.807) is 0 Å². The van der Waals surface area contributed by atoms with E-state index in [0.29, 0.717) is 19.5 Å². The summed E-state index contributed by atoms with van der Waals surface area (Å²) in [7, 11) is 0. The van der Waals surface area contributed by atoms with Gasteiger partial charge in [-0.15, -0.1) is 0 Å². The molecule has 62 valence electrons. The smallest absolute Gasteiger partial charge is 0.225 e. The van der Waals surface area contributed by atoms with Crippen molar-refractivity contribution in [3.8, 4) is 0 Å². The van der Waals surface area contributed by atoms with Crippen molar-refractivity contribution in [2.75, 3.05) is 13.1 Å². The van der Waals surface area contributed by atoms with Gasteiger partial charge in [-0.25, -0.2) is 0 Å². The van der Waals surface area contributed by atoms with Crippen LogP contribution in [0.2, 0.25) is 0 Å². The summed E-state index contributed by atoms with van der Waals surface area (Å²) in [6.07, 6.45) is 0.339. The molecule has 1 saturated heterocycles. The maximum absolute atomic E-state index is 11.1. The summed E-state index contributed by atoms with van der Waals surface area (Å²) in [6, 6.07) is 0. The van der Waals surface area contributed by atoms with Gasteiger partial charge in [-0.05, 0) is 6.92 Å². The first-order chi connectivity index (χ1) is 5.24. The maximum Gasteiger partial charge on any atom is 0.225 e. The molecule has 2 N–H and O–H groups in total. The Morgan fingerprint density at radius 3 is 3.00 bits per heavy atom. The van der Waals surface area contributed by atoms with E-state index in [1.165, 1.54) is 0 Å². The van der Waals surface area contributed by atoms with Crippen LogP contribution < -0.4 is 10.6 Å². The summed E-state index contributed by atoms with van der Waals surface area (Å²) in [6.45, 7) is 2.98. The maximum atomic E-state index is 11.1. The number of nitrogens with one attached hydrogen (secondary N) is 2. The van der Waals surface area contributed by atoms with E-state index >= 15 is 0 Å². The molecule has 1 rings (SSSR count). The average Bonchev–Trinajstić information content (AvgIpc) is 2.36. The molecule has 0 bridgehead atoms. The quantitative estimate of drug-likeness (QED) is 0.553. The molecule has 1 aliphatic heterocycles. The Hall–Kier alpha value is -1.06. The average molecular weight is 156 g/mol. The van der Waals surface area contributed by atoms with Crippen molar-refractivity contribution in [1.29, 1.82) is 0 Å². The van der Waals surface area contributed by atoms with E-state index in [9.17, 15) is 9.59 Å². The Kier molecular flexibility index (Phi) is 2.46. The van der Waals surface area contributed by atoms with Gasteiger partial charge in [0.1, 0.15) is 0 Å². The van der Waals surface area contributed by atoms with Gasteiger partial charge >= 0.3 is 0 Å². The van der Waals surface area contributed by atoms with Gasteiger partial charge in [0, 0.05) is 19.5 Å². The van der Waals surface area contributed by atoms with Gasteiger partial charge in [0.05, 0.1) is 5.92 Å². The summed E-state index contributed by atoms with van der Waals surface area (Å²) in [5, 5.41) is 5.29. The van der Waals surface area contributed by atoms with Crippen molar-refractivity contribution in [1.82, 2.24) is 10.6 Å². The first kappa shape index (κ1) is 8.04. The van der Waals surface area contributed by atoms with Crippen LogP contribution in [0.1, 0.15) is 13.3 Å². The number of hydrogen-bond acceptors (Lipinski definition) is 2. The minimum atomic E-state index is -0.151. The second kappa shape index (κ2) is 3.37. The third-order valence-corrected chi connectivity index (χ3v) is 1.70. The fourth-order valence-electron chi connectivity index (χ4n) is 1.11. The van der Waals surface area contributed by atoms with Gasteiger partial charge in [-0.1, -0.05) is 0 Å². The predicted molar refractivity (Wildman–Crippen MR) is 39.8 cm³/mol. The number of carbonyl (C=O) groups excluding carboxylic acids is 2. The van der Waals surface area contributed by atoms with E-state index in [0.717, 1.165) is 0 Å². The second-order valence-corrected chi connectivity index (χ2v) is 2.60. The molecule has 1 unspecified atom stereocenters. The summed E-state index contributed by atoms with van der Waals surface area (Å²) in [4.78, 5) is 21.8. The van der Waals surface area contributed by atoms with Crippen molar-refractivity contribution in [2.24, 2.45) is 5.92 Å². The summed E-state index contributed by atoms with van der Waals surface area (Å²) >= 11 is 0. The molecule has 0 radical (unpaired) electrons.